The fraction of sp³-hybridized carbons (Fsp3) is 0.571. The molecule has 4 heterocycles. The molecule has 4 rings (SSSR count). The van der Waals surface area contributed by atoms with Crippen LogP contribution in [0.1, 0.15) is 18.4 Å². The summed E-state index contributed by atoms with van der Waals surface area (Å²) >= 11 is 1.78. The van der Waals surface area contributed by atoms with E-state index < -0.39 is 0 Å². The molecule has 2 aliphatic rings. The summed E-state index contributed by atoms with van der Waals surface area (Å²) in [7, 11) is 0. The van der Waals surface area contributed by atoms with Gasteiger partial charge < -0.3 is 10.2 Å². The van der Waals surface area contributed by atoms with Crippen LogP contribution in [0.25, 0.3) is 10.2 Å². The summed E-state index contributed by atoms with van der Waals surface area (Å²) in [5.74, 6) is 1.15. The zero-order valence-electron chi connectivity index (χ0n) is 11.1. The first-order valence-corrected chi connectivity index (χ1v) is 7.80. The van der Waals surface area contributed by atoms with Gasteiger partial charge >= 0.3 is 0 Å². The summed E-state index contributed by atoms with van der Waals surface area (Å²) in [6.07, 6.45) is 4.31. The van der Waals surface area contributed by atoms with Gasteiger partial charge in [0.15, 0.2) is 0 Å². The monoisotopic (exact) mass is 274 g/mol. The Balaban J connectivity index is 1.72. The van der Waals surface area contributed by atoms with Gasteiger partial charge in [-0.25, -0.2) is 9.97 Å². The molecule has 2 fully saturated rings. The van der Waals surface area contributed by atoms with Gasteiger partial charge in [0.1, 0.15) is 12.1 Å². The molecule has 5 heteroatoms. The molecule has 2 aliphatic heterocycles. The number of nitrogens with one attached hydrogen (secondary N) is 1. The maximum atomic E-state index is 4.56. The highest BCUT2D eigenvalue weighted by Gasteiger charge is 2.41. The summed E-state index contributed by atoms with van der Waals surface area (Å²) < 4.78 is 1.25. The largest absolute Gasteiger partial charge is 0.355 e. The summed E-state index contributed by atoms with van der Waals surface area (Å²) in [4.78, 5) is 11.4. The molecule has 1 spiro atoms. The van der Waals surface area contributed by atoms with Crippen molar-refractivity contribution in [3.8, 4) is 0 Å². The van der Waals surface area contributed by atoms with Crippen molar-refractivity contribution in [2.75, 3.05) is 31.1 Å². The van der Waals surface area contributed by atoms with E-state index in [1.165, 1.54) is 36.2 Å². The average Bonchev–Trinajstić information content (AvgIpc) is 3.13. The van der Waals surface area contributed by atoms with Crippen LogP contribution >= 0.6 is 11.3 Å². The molecule has 2 saturated heterocycles. The van der Waals surface area contributed by atoms with E-state index in [-0.39, 0.29) is 0 Å². The number of hydrogen-bond donors (Lipinski definition) is 1. The minimum Gasteiger partial charge on any atom is -0.355 e. The second-order valence-corrected chi connectivity index (χ2v) is 6.77. The van der Waals surface area contributed by atoms with Gasteiger partial charge in [0.25, 0.3) is 0 Å². The lowest BCUT2D eigenvalue weighted by atomic mass is 9.87. The van der Waals surface area contributed by atoms with Crippen LogP contribution in [0.3, 0.4) is 0 Å². The molecule has 100 valence electrons. The Kier molecular flexibility index (Phi) is 2.53. The van der Waals surface area contributed by atoms with Crippen LogP contribution in [0.2, 0.25) is 0 Å². The van der Waals surface area contributed by atoms with Crippen molar-refractivity contribution in [1.82, 2.24) is 15.3 Å². The van der Waals surface area contributed by atoms with Crippen molar-refractivity contribution in [2.24, 2.45) is 5.41 Å². The highest BCUT2D eigenvalue weighted by atomic mass is 32.1. The lowest BCUT2D eigenvalue weighted by molar-refractivity contribution is 0.369. The van der Waals surface area contributed by atoms with Crippen molar-refractivity contribution < 1.29 is 0 Å². The topological polar surface area (TPSA) is 41.0 Å². The summed E-state index contributed by atoms with van der Waals surface area (Å²) in [5, 5.41) is 5.70. The Hall–Kier alpha value is -1.20. The van der Waals surface area contributed by atoms with Crippen molar-refractivity contribution in [1.29, 1.82) is 0 Å². The van der Waals surface area contributed by atoms with Crippen LogP contribution in [0, 0.1) is 12.3 Å². The molecule has 1 unspecified atom stereocenters. The van der Waals surface area contributed by atoms with Gasteiger partial charge in [0.2, 0.25) is 0 Å². The number of nitrogens with zero attached hydrogens (tertiary/aromatic N) is 3. The van der Waals surface area contributed by atoms with Gasteiger partial charge in [-0.2, -0.15) is 0 Å². The van der Waals surface area contributed by atoms with E-state index in [9.17, 15) is 0 Å². The van der Waals surface area contributed by atoms with Gasteiger partial charge in [0.05, 0.1) is 10.2 Å². The van der Waals surface area contributed by atoms with Crippen LogP contribution in [0.5, 0.6) is 0 Å². The quantitative estimate of drug-likeness (QED) is 0.865. The molecule has 1 atom stereocenters. The maximum absolute atomic E-state index is 4.56. The number of hydrogen-bond acceptors (Lipinski definition) is 5. The van der Waals surface area contributed by atoms with Crippen LogP contribution in [-0.4, -0.2) is 36.1 Å². The first-order valence-electron chi connectivity index (χ1n) is 6.92. The zero-order valence-corrected chi connectivity index (χ0v) is 12.0. The van der Waals surface area contributed by atoms with E-state index in [2.05, 4.69) is 32.5 Å². The maximum Gasteiger partial charge on any atom is 0.150 e. The first kappa shape index (κ1) is 11.6. The summed E-state index contributed by atoms with van der Waals surface area (Å²) in [5.41, 5.74) is 2.88. The third kappa shape index (κ3) is 1.75. The van der Waals surface area contributed by atoms with Crippen LogP contribution in [-0.2, 0) is 0 Å². The number of rotatable bonds is 1. The summed E-state index contributed by atoms with van der Waals surface area (Å²) in [6, 6.07) is 0. The Morgan fingerprint density at radius 1 is 1.37 bits per heavy atom. The van der Waals surface area contributed by atoms with E-state index in [1.54, 1.807) is 17.7 Å². The minimum absolute atomic E-state index is 0.490. The number of anilines is 1. The summed E-state index contributed by atoms with van der Waals surface area (Å²) in [6.45, 7) is 6.74. The number of aromatic nitrogens is 2. The molecule has 0 bridgehead atoms. The van der Waals surface area contributed by atoms with Gasteiger partial charge in [-0.15, -0.1) is 11.3 Å². The fourth-order valence-corrected chi connectivity index (χ4v) is 4.46. The molecule has 0 saturated carbocycles. The molecule has 0 radical (unpaired) electrons. The number of fused-ring (bicyclic) bond motifs is 1. The van der Waals surface area contributed by atoms with E-state index in [1.807, 2.05) is 0 Å². The molecule has 2 aromatic heterocycles. The van der Waals surface area contributed by atoms with E-state index in [0.717, 1.165) is 24.4 Å². The molecule has 0 amide bonds. The van der Waals surface area contributed by atoms with Crippen LogP contribution < -0.4 is 10.2 Å². The standard InChI is InChI=1S/C14H18N4S/c1-10-6-19-12-11(10)16-9-17-13(12)18-5-3-14(8-18)2-4-15-7-14/h6,9,15H,2-5,7-8H2,1H3. The second-order valence-electron chi connectivity index (χ2n) is 5.89. The molecule has 0 aliphatic carbocycles. The van der Waals surface area contributed by atoms with Crippen molar-refractivity contribution >= 4 is 27.4 Å². The van der Waals surface area contributed by atoms with E-state index in [0.29, 0.717) is 5.41 Å². The third-order valence-electron chi connectivity index (χ3n) is 4.58. The second kappa shape index (κ2) is 4.15. The first-order chi connectivity index (χ1) is 9.27. The van der Waals surface area contributed by atoms with Gasteiger partial charge in [-0.1, -0.05) is 0 Å². The van der Waals surface area contributed by atoms with Gasteiger partial charge in [-0.3, -0.25) is 0 Å². The van der Waals surface area contributed by atoms with Crippen molar-refractivity contribution in [3.05, 3.63) is 17.3 Å². The minimum atomic E-state index is 0.490. The van der Waals surface area contributed by atoms with Crippen LogP contribution in [0.4, 0.5) is 5.82 Å². The highest BCUT2D eigenvalue weighted by molar-refractivity contribution is 7.18. The Morgan fingerprint density at radius 3 is 3.16 bits per heavy atom. The SMILES string of the molecule is Cc1csc2c(N3CCC4(CCNC4)C3)ncnc12. The molecule has 1 N–H and O–H groups in total. The predicted octanol–water partition coefficient (Wildman–Crippen LogP) is 2.19. The number of thiophene rings is 1. The highest BCUT2D eigenvalue weighted by Crippen LogP contribution is 2.40. The molecule has 2 aromatic rings. The fourth-order valence-electron chi connectivity index (χ4n) is 3.44. The van der Waals surface area contributed by atoms with Crippen LogP contribution in [0.15, 0.2) is 11.7 Å². The van der Waals surface area contributed by atoms with Crippen molar-refractivity contribution in [2.45, 2.75) is 19.8 Å². The van der Waals surface area contributed by atoms with Gasteiger partial charge in [-0.05, 0) is 37.3 Å². The molecule has 4 nitrogen and oxygen atoms in total. The van der Waals surface area contributed by atoms with Gasteiger partial charge in [0, 0.05) is 25.0 Å². The lowest BCUT2D eigenvalue weighted by Crippen LogP contribution is -2.29. The predicted molar refractivity (Wildman–Crippen MR) is 78.9 cm³/mol. The smallest absolute Gasteiger partial charge is 0.150 e. The number of aryl methyl sites for hydroxylation is 1. The Morgan fingerprint density at radius 2 is 2.32 bits per heavy atom. The molecule has 0 aromatic carbocycles. The molecular formula is C14H18N4S. The third-order valence-corrected chi connectivity index (χ3v) is 5.67. The Bertz CT molecular complexity index is 615. The van der Waals surface area contributed by atoms with Crippen molar-refractivity contribution in [3.63, 3.8) is 0 Å². The van der Waals surface area contributed by atoms with E-state index >= 15 is 0 Å². The lowest BCUT2D eigenvalue weighted by Gasteiger charge is -2.23. The average molecular weight is 274 g/mol. The molecular weight excluding hydrogens is 256 g/mol. The zero-order chi connectivity index (χ0) is 12.9. The Labute approximate surface area is 116 Å². The normalized spacial score (nSPS) is 26.9. The van der Waals surface area contributed by atoms with E-state index in [4.69, 9.17) is 0 Å². The molecule has 19 heavy (non-hydrogen) atoms.